The first-order valence-electron chi connectivity index (χ1n) is 10.4. The summed E-state index contributed by atoms with van der Waals surface area (Å²) < 4.78 is 6.47. The molecule has 1 aliphatic heterocycles. The summed E-state index contributed by atoms with van der Waals surface area (Å²) in [4.78, 5) is 51.9. The summed E-state index contributed by atoms with van der Waals surface area (Å²) in [6, 6.07) is 0.939. The zero-order valence-corrected chi connectivity index (χ0v) is 19.0. The molecule has 0 unspecified atom stereocenters. The van der Waals surface area contributed by atoms with Gasteiger partial charge in [0.15, 0.2) is 0 Å². The summed E-state index contributed by atoms with van der Waals surface area (Å²) in [6.07, 6.45) is 1.98. The van der Waals surface area contributed by atoms with Crippen molar-refractivity contribution in [3.05, 3.63) is 24.0 Å². The lowest BCUT2D eigenvalue weighted by Gasteiger charge is -2.27. The van der Waals surface area contributed by atoms with Crippen LogP contribution in [0.5, 0.6) is 0 Å². The second-order valence-corrected chi connectivity index (χ2v) is 8.44. The van der Waals surface area contributed by atoms with Crippen molar-refractivity contribution >= 4 is 23.8 Å². The number of amides is 4. The molecule has 10 nitrogen and oxygen atoms in total. The molecular formula is C21H33N5O5. The Morgan fingerprint density at radius 3 is 2.32 bits per heavy atom. The molecule has 1 fully saturated rings. The van der Waals surface area contributed by atoms with E-state index in [2.05, 4.69) is 16.0 Å². The first-order chi connectivity index (χ1) is 14.5. The van der Waals surface area contributed by atoms with Crippen molar-refractivity contribution in [1.82, 2.24) is 25.4 Å². The Morgan fingerprint density at radius 1 is 1.13 bits per heavy atom. The van der Waals surface area contributed by atoms with Gasteiger partial charge in [-0.3, -0.25) is 9.59 Å². The van der Waals surface area contributed by atoms with Crippen LogP contribution in [0.25, 0.3) is 0 Å². The molecule has 1 aromatic heterocycles. The average molecular weight is 436 g/mol. The molecule has 4 amide bonds. The van der Waals surface area contributed by atoms with Crippen LogP contribution in [0, 0.1) is 5.92 Å². The SMILES string of the molecule is COC(=O)[C@H](NC(=O)[C@@H]1C[C@H](NC(=O)NC(C)C)CN1C(=O)c1cccn1C)C(C)C. The molecular weight excluding hydrogens is 402 g/mol. The second-order valence-electron chi connectivity index (χ2n) is 8.44. The van der Waals surface area contributed by atoms with E-state index in [1.165, 1.54) is 12.0 Å². The predicted molar refractivity (Wildman–Crippen MR) is 114 cm³/mol. The number of nitrogens with zero attached hydrogens (tertiary/aromatic N) is 2. The first-order valence-corrected chi connectivity index (χ1v) is 10.4. The fourth-order valence-electron chi connectivity index (χ4n) is 3.61. The van der Waals surface area contributed by atoms with Crippen LogP contribution in [0.4, 0.5) is 4.79 Å². The van der Waals surface area contributed by atoms with Crippen LogP contribution >= 0.6 is 0 Å². The number of carbonyl (C=O) groups is 4. The van der Waals surface area contributed by atoms with Crippen LogP contribution in [0.3, 0.4) is 0 Å². The second kappa shape index (κ2) is 10.3. The van der Waals surface area contributed by atoms with Crippen molar-refractivity contribution in [3.8, 4) is 0 Å². The summed E-state index contributed by atoms with van der Waals surface area (Å²) in [5.74, 6) is -1.52. The standard InChI is InChI=1S/C21H33N5O5/c1-12(2)17(20(29)31-6)24-18(27)16-10-14(23-21(30)22-13(3)4)11-26(16)19(28)15-8-7-9-25(15)5/h7-9,12-14,16-17H,10-11H2,1-6H3,(H,24,27)(H2,22,23,30)/t14-,16-,17+/m0/s1. The van der Waals surface area contributed by atoms with Gasteiger partial charge in [0.05, 0.1) is 13.2 Å². The van der Waals surface area contributed by atoms with E-state index in [0.29, 0.717) is 5.69 Å². The zero-order valence-electron chi connectivity index (χ0n) is 19.0. The number of likely N-dealkylation sites (tertiary alicyclic amines) is 1. The van der Waals surface area contributed by atoms with E-state index >= 15 is 0 Å². The largest absolute Gasteiger partial charge is 0.467 e. The molecule has 0 bridgehead atoms. The van der Waals surface area contributed by atoms with Crippen molar-refractivity contribution < 1.29 is 23.9 Å². The Balaban J connectivity index is 2.23. The highest BCUT2D eigenvalue weighted by Gasteiger charge is 2.42. The molecule has 2 rings (SSSR count). The van der Waals surface area contributed by atoms with Crippen molar-refractivity contribution in [2.45, 2.75) is 58.3 Å². The predicted octanol–water partition coefficient (Wildman–Crippen LogP) is 0.630. The molecule has 1 aromatic rings. The number of aromatic nitrogens is 1. The molecule has 172 valence electrons. The monoisotopic (exact) mass is 435 g/mol. The molecule has 2 heterocycles. The number of esters is 1. The molecule has 3 N–H and O–H groups in total. The third-order valence-electron chi connectivity index (χ3n) is 5.20. The van der Waals surface area contributed by atoms with Crippen LogP contribution in [-0.2, 0) is 21.4 Å². The molecule has 0 saturated carbocycles. The Kier molecular flexibility index (Phi) is 8.07. The van der Waals surface area contributed by atoms with E-state index in [0.717, 1.165) is 0 Å². The Labute approximate surface area is 182 Å². The van der Waals surface area contributed by atoms with Gasteiger partial charge in [0.2, 0.25) is 5.91 Å². The van der Waals surface area contributed by atoms with Crippen LogP contribution in [0.1, 0.15) is 44.6 Å². The molecule has 1 saturated heterocycles. The van der Waals surface area contributed by atoms with E-state index in [-0.39, 0.29) is 36.9 Å². The van der Waals surface area contributed by atoms with E-state index in [1.807, 2.05) is 13.8 Å². The number of hydrogen-bond acceptors (Lipinski definition) is 5. The maximum Gasteiger partial charge on any atom is 0.328 e. The molecule has 3 atom stereocenters. The summed E-state index contributed by atoms with van der Waals surface area (Å²) >= 11 is 0. The first kappa shape index (κ1) is 24.2. The molecule has 10 heteroatoms. The Hall–Kier alpha value is -3.04. The highest BCUT2D eigenvalue weighted by molar-refractivity contribution is 5.98. The third-order valence-corrected chi connectivity index (χ3v) is 5.20. The number of nitrogens with one attached hydrogen (secondary N) is 3. The van der Waals surface area contributed by atoms with Crippen molar-refractivity contribution in [2.24, 2.45) is 13.0 Å². The van der Waals surface area contributed by atoms with Gasteiger partial charge in [-0.1, -0.05) is 13.8 Å². The van der Waals surface area contributed by atoms with Gasteiger partial charge in [0.25, 0.3) is 5.91 Å². The van der Waals surface area contributed by atoms with Gasteiger partial charge in [-0.2, -0.15) is 0 Å². The third kappa shape index (κ3) is 5.99. The lowest BCUT2D eigenvalue weighted by Crippen LogP contribution is -2.52. The Morgan fingerprint density at radius 2 is 1.81 bits per heavy atom. The summed E-state index contributed by atoms with van der Waals surface area (Å²) in [5.41, 5.74) is 0.429. The maximum atomic E-state index is 13.2. The number of ether oxygens (including phenoxy) is 1. The number of methoxy groups -OCH3 is 1. The molecule has 1 aliphatic rings. The lowest BCUT2D eigenvalue weighted by atomic mass is 10.0. The topological polar surface area (TPSA) is 122 Å². The number of carbonyl (C=O) groups excluding carboxylic acids is 4. The van der Waals surface area contributed by atoms with Crippen LogP contribution in [0.2, 0.25) is 0 Å². The van der Waals surface area contributed by atoms with Gasteiger partial charge in [-0.15, -0.1) is 0 Å². The van der Waals surface area contributed by atoms with Gasteiger partial charge in [0.1, 0.15) is 17.8 Å². The summed E-state index contributed by atoms with van der Waals surface area (Å²) in [6.45, 7) is 7.45. The molecule has 31 heavy (non-hydrogen) atoms. The van der Waals surface area contributed by atoms with Crippen LogP contribution in [0.15, 0.2) is 18.3 Å². The van der Waals surface area contributed by atoms with Gasteiger partial charge in [-0.25, -0.2) is 9.59 Å². The van der Waals surface area contributed by atoms with Gasteiger partial charge in [0, 0.05) is 25.8 Å². The fraction of sp³-hybridized carbons (Fsp3) is 0.619. The number of urea groups is 1. The highest BCUT2D eigenvalue weighted by Crippen LogP contribution is 2.22. The fourth-order valence-corrected chi connectivity index (χ4v) is 3.61. The molecule has 0 aliphatic carbocycles. The molecule has 0 aromatic carbocycles. The lowest BCUT2D eigenvalue weighted by molar-refractivity contribution is -0.146. The van der Waals surface area contributed by atoms with Crippen LogP contribution < -0.4 is 16.0 Å². The van der Waals surface area contributed by atoms with Crippen molar-refractivity contribution in [1.29, 1.82) is 0 Å². The van der Waals surface area contributed by atoms with Gasteiger partial charge in [-0.05, 0) is 38.3 Å². The zero-order chi connectivity index (χ0) is 23.3. The minimum atomic E-state index is -0.836. The van der Waals surface area contributed by atoms with Gasteiger partial charge < -0.3 is 30.2 Å². The maximum absolute atomic E-state index is 13.2. The van der Waals surface area contributed by atoms with Gasteiger partial charge >= 0.3 is 12.0 Å². The number of hydrogen-bond donors (Lipinski definition) is 3. The van der Waals surface area contributed by atoms with E-state index < -0.39 is 30.0 Å². The summed E-state index contributed by atoms with van der Waals surface area (Å²) in [7, 11) is 3.01. The average Bonchev–Trinajstić information content (AvgIpc) is 3.30. The minimum Gasteiger partial charge on any atom is -0.467 e. The number of aryl methyl sites for hydroxylation is 1. The van der Waals surface area contributed by atoms with E-state index in [4.69, 9.17) is 4.74 Å². The van der Waals surface area contributed by atoms with E-state index in [9.17, 15) is 19.2 Å². The Bertz CT molecular complexity index is 819. The minimum absolute atomic E-state index is 0.0477. The highest BCUT2D eigenvalue weighted by atomic mass is 16.5. The van der Waals surface area contributed by atoms with Crippen molar-refractivity contribution in [2.75, 3.05) is 13.7 Å². The van der Waals surface area contributed by atoms with E-state index in [1.54, 1.807) is 43.8 Å². The molecule has 0 spiro atoms. The quantitative estimate of drug-likeness (QED) is 0.543. The number of rotatable bonds is 7. The normalized spacial score (nSPS) is 19.3. The summed E-state index contributed by atoms with van der Waals surface area (Å²) in [5, 5.41) is 8.29. The molecule has 0 radical (unpaired) electrons. The van der Waals surface area contributed by atoms with Crippen molar-refractivity contribution in [3.63, 3.8) is 0 Å². The smallest absolute Gasteiger partial charge is 0.328 e. The van der Waals surface area contributed by atoms with Crippen LogP contribution in [-0.4, -0.2) is 71.1 Å².